The highest BCUT2D eigenvalue weighted by Gasteiger charge is 2.64. The maximum Gasteiger partial charge on any atom is 0.235 e. The standard InChI is InChI=1S/C22H23Cl2N3O3S/c1-21(2)14-6-8-22(21,3)19(30)27(18(14)29)9-7-17(28)26-20-25-16(11-31-20)13-5-4-12(23)10-15(13)24/h4-5,10-11,14H,6-9H2,1-3H3,(H,25,26,28). The SMILES string of the molecule is CC12CCC(C(=O)N(CCC(=O)Nc3nc(-c4ccc(Cl)cc4Cl)cs3)C1=O)C2(C)C. The number of thiazole rings is 1. The lowest BCUT2D eigenvalue weighted by Crippen LogP contribution is -2.59. The molecule has 2 heterocycles. The highest BCUT2D eigenvalue weighted by molar-refractivity contribution is 7.14. The van der Waals surface area contributed by atoms with Crippen molar-refractivity contribution in [2.24, 2.45) is 16.7 Å². The molecule has 0 radical (unpaired) electrons. The van der Waals surface area contributed by atoms with Gasteiger partial charge in [-0.2, -0.15) is 0 Å². The molecule has 31 heavy (non-hydrogen) atoms. The van der Waals surface area contributed by atoms with Crippen LogP contribution >= 0.6 is 34.5 Å². The summed E-state index contributed by atoms with van der Waals surface area (Å²) in [5.74, 6) is -0.806. The van der Waals surface area contributed by atoms with Crippen molar-refractivity contribution in [2.75, 3.05) is 11.9 Å². The average Bonchev–Trinajstić information content (AvgIpc) is 3.21. The Kier molecular flexibility index (Phi) is 5.65. The van der Waals surface area contributed by atoms with Crippen LogP contribution in [0.4, 0.5) is 5.13 Å². The van der Waals surface area contributed by atoms with Gasteiger partial charge in [-0.05, 0) is 36.5 Å². The Morgan fingerprint density at radius 1 is 1.29 bits per heavy atom. The lowest BCUT2D eigenvalue weighted by atomic mass is 9.62. The number of piperidine rings is 1. The minimum absolute atomic E-state index is 0.0251. The van der Waals surface area contributed by atoms with E-state index < -0.39 is 5.41 Å². The fraction of sp³-hybridized carbons (Fsp3) is 0.455. The third-order valence-corrected chi connectivity index (χ3v) is 8.33. The first kappa shape index (κ1) is 22.2. The molecule has 2 bridgehead atoms. The molecule has 4 rings (SSSR count). The Bertz CT molecular complexity index is 1080. The van der Waals surface area contributed by atoms with Gasteiger partial charge in [0.25, 0.3) is 0 Å². The van der Waals surface area contributed by atoms with E-state index in [0.29, 0.717) is 33.7 Å². The third-order valence-electron chi connectivity index (χ3n) is 7.03. The number of fused-ring (bicyclic) bond motifs is 2. The summed E-state index contributed by atoms with van der Waals surface area (Å²) in [4.78, 5) is 44.1. The van der Waals surface area contributed by atoms with Gasteiger partial charge >= 0.3 is 0 Å². The van der Waals surface area contributed by atoms with Crippen molar-refractivity contribution in [3.05, 3.63) is 33.6 Å². The Balaban J connectivity index is 1.40. The van der Waals surface area contributed by atoms with Crippen LogP contribution in [0.25, 0.3) is 11.3 Å². The second-order valence-electron chi connectivity index (χ2n) is 8.90. The Hall–Kier alpha value is -1.96. The lowest BCUT2D eigenvalue weighted by molar-refractivity contribution is -0.167. The molecule has 1 N–H and O–H groups in total. The number of amides is 3. The zero-order chi connectivity index (χ0) is 22.6. The number of imide groups is 1. The number of carbonyl (C=O) groups excluding carboxylic acids is 3. The number of nitrogens with one attached hydrogen (secondary N) is 1. The molecule has 1 saturated heterocycles. The van der Waals surface area contributed by atoms with Crippen LogP contribution in [-0.2, 0) is 14.4 Å². The summed E-state index contributed by atoms with van der Waals surface area (Å²) in [7, 11) is 0. The second-order valence-corrected chi connectivity index (χ2v) is 10.6. The third kappa shape index (κ3) is 3.66. The number of carbonyl (C=O) groups is 3. The molecule has 1 aromatic heterocycles. The molecule has 0 spiro atoms. The molecule has 1 aliphatic heterocycles. The van der Waals surface area contributed by atoms with E-state index in [0.717, 1.165) is 5.56 Å². The van der Waals surface area contributed by atoms with Crippen LogP contribution in [0.1, 0.15) is 40.0 Å². The van der Waals surface area contributed by atoms with Gasteiger partial charge in [0, 0.05) is 34.8 Å². The summed E-state index contributed by atoms with van der Waals surface area (Å²) >= 11 is 13.4. The number of hydrogen-bond acceptors (Lipinski definition) is 5. The Morgan fingerprint density at radius 2 is 2.03 bits per heavy atom. The van der Waals surface area contributed by atoms with Gasteiger partial charge in [-0.25, -0.2) is 4.98 Å². The predicted molar refractivity (Wildman–Crippen MR) is 122 cm³/mol. The number of rotatable bonds is 5. The summed E-state index contributed by atoms with van der Waals surface area (Å²) in [5, 5.41) is 5.98. The van der Waals surface area contributed by atoms with Crippen LogP contribution < -0.4 is 5.32 Å². The van der Waals surface area contributed by atoms with Crippen molar-refractivity contribution in [2.45, 2.75) is 40.0 Å². The van der Waals surface area contributed by atoms with E-state index in [2.05, 4.69) is 10.3 Å². The van der Waals surface area contributed by atoms with Gasteiger partial charge in [0.1, 0.15) is 0 Å². The number of halogens is 2. The molecule has 1 aliphatic carbocycles. The van der Waals surface area contributed by atoms with Crippen LogP contribution in [0.5, 0.6) is 0 Å². The molecule has 2 aliphatic rings. The zero-order valence-corrected chi connectivity index (χ0v) is 19.8. The second kappa shape index (κ2) is 7.87. The monoisotopic (exact) mass is 479 g/mol. The smallest absolute Gasteiger partial charge is 0.235 e. The molecule has 1 aromatic carbocycles. The molecular formula is C22H23Cl2N3O3S. The quantitative estimate of drug-likeness (QED) is 0.593. The molecule has 3 amide bonds. The Morgan fingerprint density at radius 3 is 2.74 bits per heavy atom. The first-order chi connectivity index (χ1) is 14.5. The van der Waals surface area contributed by atoms with E-state index in [-0.39, 0.29) is 42.0 Å². The summed E-state index contributed by atoms with van der Waals surface area (Å²) in [5.41, 5.74) is 0.429. The summed E-state index contributed by atoms with van der Waals surface area (Å²) in [6.07, 6.45) is 1.44. The Labute approximate surface area is 194 Å². The largest absolute Gasteiger partial charge is 0.302 e. The predicted octanol–water partition coefficient (Wildman–Crippen LogP) is 5.26. The highest BCUT2D eigenvalue weighted by atomic mass is 35.5. The molecule has 1 saturated carbocycles. The molecule has 9 heteroatoms. The lowest BCUT2D eigenvalue weighted by Gasteiger charge is -2.47. The maximum absolute atomic E-state index is 13.1. The topological polar surface area (TPSA) is 79.4 Å². The van der Waals surface area contributed by atoms with E-state index in [1.54, 1.807) is 23.6 Å². The molecule has 2 unspecified atom stereocenters. The first-order valence-electron chi connectivity index (χ1n) is 10.1. The fourth-order valence-corrected chi connectivity index (χ4v) is 5.89. The number of hydrogen-bond donors (Lipinski definition) is 1. The van der Waals surface area contributed by atoms with Crippen LogP contribution in [0, 0.1) is 16.7 Å². The van der Waals surface area contributed by atoms with Crippen LogP contribution in [0.15, 0.2) is 23.6 Å². The van der Waals surface area contributed by atoms with Crippen molar-refractivity contribution in [1.82, 2.24) is 9.88 Å². The van der Waals surface area contributed by atoms with Crippen molar-refractivity contribution in [3.63, 3.8) is 0 Å². The number of aromatic nitrogens is 1. The molecule has 2 aromatic rings. The summed E-state index contributed by atoms with van der Waals surface area (Å²) in [6, 6.07) is 5.13. The van der Waals surface area contributed by atoms with E-state index in [4.69, 9.17) is 23.2 Å². The first-order valence-corrected chi connectivity index (χ1v) is 11.7. The maximum atomic E-state index is 13.1. The van der Waals surface area contributed by atoms with E-state index in [9.17, 15) is 14.4 Å². The fourth-order valence-electron chi connectivity index (χ4n) is 4.66. The van der Waals surface area contributed by atoms with Gasteiger partial charge in [-0.3, -0.25) is 19.3 Å². The van der Waals surface area contributed by atoms with Crippen LogP contribution in [0.2, 0.25) is 10.0 Å². The van der Waals surface area contributed by atoms with E-state index in [1.165, 1.54) is 16.2 Å². The van der Waals surface area contributed by atoms with E-state index in [1.807, 2.05) is 20.8 Å². The average molecular weight is 480 g/mol. The number of anilines is 1. The molecule has 2 fully saturated rings. The van der Waals surface area contributed by atoms with Crippen molar-refractivity contribution in [1.29, 1.82) is 0 Å². The van der Waals surface area contributed by atoms with Crippen LogP contribution in [-0.4, -0.2) is 34.2 Å². The van der Waals surface area contributed by atoms with Gasteiger partial charge in [-0.1, -0.05) is 44.0 Å². The van der Waals surface area contributed by atoms with Crippen molar-refractivity contribution >= 4 is 57.4 Å². The van der Waals surface area contributed by atoms with Crippen LogP contribution in [0.3, 0.4) is 0 Å². The van der Waals surface area contributed by atoms with Gasteiger partial charge in [0.05, 0.1) is 16.1 Å². The molecule has 6 nitrogen and oxygen atoms in total. The summed E-state index contributed by atoms with van der Waals surface area (Å²) in [6.45, 7) is 6.01. The molecule has 2 atom stereocenters. The summed E-state index contributed by atoms with van der Waals surface area (Å²) < 4.78 is 0. The van der Waals surface area contributed by atoms with Gasteiger partial charge < -0.3 is 5.32 Å². The van der Waals surface area contributed by atoms with Crippen molar-refractivity contribution in [3.8, 4) is 11.3 Å². The van der Waals surface area contributed by atoms with Gasteiger partial charge in [0.2, 0.25) is 17.7 Å². The molecule has 164 valence electrons. The minimum atomic E-state index is -0.565. The van der Waals surface area contributed by atoms with E-state index >= 15 is 0 Å². The van der Waals surface area contributed by atoms with Crippen molar-refractivity contribution < 1.29 is 14.4 Å². The van der Waals surface area contributed by atoms with Gasteiger partial charge in [-0.15, -0.1) is 11.3 Å². The number of nitrogens with zero attached hydrogens (tertiary/aromatic N) is 2. The molecular weight excluding hydrogens is 457 g/mol. The normalized spacial score (nSPS) is 24.5. The number of likely N-dealkylation sites (tertiary alicyclic amines) is 1. The number of benzene rings is 1. The highest BCUT2D eigenvalue weighted by Crippen LogP contribution is 2.60. The minimum Gasteiger partial charge on any atom is -0.302 e. The zero-order valence-electron chi connectivity index (χ0n) is 17.5. The van der Waals surface area contributed by atoms with Gasteiger partial charge in [0.15, 0.2) is 5.13 Å².